The van der Waals surface area contributed by atoms with Crippen molar-refractivity contribution >= 4 is 13.4 Å². The van der Waals surface area contributed by atoms with E-state index in [4.69, 9.17) is 9.79 Å². The third kappa shape index (κ3) is 3.98. The number of hydrogen-bond donors (Lipinski definition) is 3. The lowest BCUT2D eigenvalue weighted by molar-refractivity contribution is -0.131. The van der Waals surface area contributed by atoms with Gasteiger partial charge in [0.1, 0.15) is 0 Å². The minimum atomic E-state index is -4.79. The molecule has 0 heterocycles. The topological polar surface area (TPSA) is 94.8 Å². The van der Waals surface area contributed by atoms with E-state index >= 15 is 0 Å². The van der Waals surface area contributed by atoms with Crippen molar-refractivity contribution in [3.63, 3.8) is 0 Å². The molecule has 0 radical (unpaired) electrons. The summed E-state index contributed by atoms with van der Waals surface area (Å²) in [5, 5.41) is 7.18. The maximum absolute atomic E-state index is 11.6. The molecule has 0 aromatic heterocycles. The van der Waals surface area contributed by atoms with Crippen LogP contribution >= 0.6 is 7.60 Å². The Hall–Kier alpha value is -0.220. The van der Waals surface area contributed by atoms with Crippen LogP contribution in [-0.4, -0.2) is 26.0 Å². The Bertz CT molecular complexity index is 272. The first kappa shape index (κ1) is 15.8. The normalized spacial score (nSPS) is 15.8. The summed E-state index contributed by atoms with van der Waals surface area (Å²) in [6.07, 6.45) is 3.16. The smallest absolute Gasteiger partial charge is 0.364 e. The van der Waals surface area contributed by atoms with Gasteiger partial charge in [0, 0.05) is 6.42 Å². The fraction of sp³-hybridized carbons (Fsp3) is 0.900. The summed E-state index contributed by atoms with van der Waals surface area (Å²) >= 11 is 0. The number of aliphatic hydroxyl groups is 1. The standard InChI is InChI=1S/C10H21O5P/c1-3-5-6-7-8-9(11)10(12,4-2)16(13,14)15/h12H,3-8H2,1-2H3,(H2,13,14,15). The summed E-state index contributed by atoms with van der Waals surface area (Å²) in [4.78, 5) is 29.5. The minimum absolute atomic E-state index is 0.0233. The number of rotatable bonds is 8. The molecule has 0 aliphatic rings. The Labute approximate surface area is 96.0 Å². The van der Waals surface area contributed by atoms with Crippen molar-refractivity contribution in [1.29, 1.82) is 0 Å². The second kappa shape index (κ2) is 6.50. The Morgan fingerprint density at radius 3 is 2.12 bits per heavy atom. The molecule has 96 valence electrons. The highest BCUT2D eigenvalue weighted by molar-refractivity contribution is 7.54. The molecule has 0 amide bonds. The molecule has 5 nitrogen and oxygen atoms in total. The Morgan fingerprint density at radius 1 is 1.19 bits per heavy atom. The van der Waals surface area contributed by atoms with Crippen LogP contribution in [0.25, 0.3) is 0 Å². The lowest BCUT2D eigenvalue weighted by Gasteiger charge is -2.25. The van der Waals surface area contributed by atoms with E-state index in [1.807, 2.05) is 6.92 Å². The van der Waals surface area contributed by atoms with Crippen LogP contribution < -0.4 is 0 Å². The predicted molar refractivity (Wildman–Crippen MR) is 61.1 cm³/mol. The first-order chi connectivity index (χ1) is 7.29. The van der Waals surface area contributed by atoms with Crippen LogP contribution in [0.2, 0.25) is 0 Å². The molecule has 0 fully saturated rings. The Morgan fingerprint density at radius 2 is 1.75 bits per heavy atom. The van der Waals surface area contributed by atoms with Crippen LogP contribution in [0.4, 0.5) is 0 Å². The molecule has 0 aromatic carbocycles. The van der Waals surface area contributed by atoms with Crippen molar-refractivity contribution in [3.8, 4) is 0 Å². The van der Waals surface area contributed by atoms with Gasteiger partial charge < -0.3 is 14.9 Å². The van der Waals surface area contributed by atoms with Crippen molar-refractivity contribution in [1.82, 2.24) is 0 Å². The molecule has 16 heavy (non-hydrogen) atoms. The van der Waals surface area contributed by atoms with E-state index in [0.717, 1.165) is 19.3 Å². The van der Waals surface area contributed by atoms with E-state index in [2.05, 4.69) is 0 Å². The monoisotopic (exact) mass is 252 g/mol. The zero-order valence-electron chi connectivity index (χ0n) is 9.85. The number of ketones is 1. The molecular weight excluding hydrogens is 231 g/mol. The van der Waals surface area contributed by atoms with Gasteiger partial charge in [0.15, 0.2) is 5.78 Å². The molecular formula is C10H21O5P. The van der Waals surface area contributed by atoms with E-state index in [1.165, 1.54) is 6.92 Å². The van der Waals surface area contributed by atoms with Gasteiger partial charge in [-0.1, -0.05) is 33.1 Å². The number of unbranched alkanes of at least 4 members (excludes halogenated alkanes) is 3. The predicted octanol–water partition coefficient (Wildman–Crippen LogP) is 1.80. The minimum Gasteiger partial charge on any atom is -0.371 e. The highest BCUT2D eigenvalue weighted by atomic mass is 31.2. The maximum Gasteiger partial charge on any atom is 0.364 e. The Kier molecular flexibility index (Phi) is 6.41. The molecule has 0 aliphatic heterocycles. The third-order valence-electron chi connectivity index (χ3n) is 2.68. The molecule has 0 saturated heterocycles. The molecule has 3 N–H and O–H groups in total. The van der Waals surface area contributed by atoms with Gasteiger partial charge in [-0.3, -0.25) is 9.36 Å². The van der Waals surface area contributed by atoms with Crippen molar-refractivity contribution < 1.29 is 24.3 Å². The maximum atomic E-state index is 11.6. The SMILES string of the molecule is CCCCCCC(=O)C(O)(CC)P(=O)(O)O. The van der Waals surface area contributed by atoms with Gasteiger partial charge in [0.25, 0.3) is 0 Å². The third-order valence-corrected chi connectivity index (χ3v) is 4.21. The summed E-state index contributed by atoms with van der Waals surface area (Å²) in [6, 6.07) is 0. The van der Waals surface area contributed by atoms with E-state index in [1.54, 1.807) is 0 Å². The molecule has 0 aromatic rings. The van der Waals surface area contributed by atoms with Crippen LogP contribution in [-0.2, 0) is 9.36 Å². The van der Waals surface area contributed by atoms with Crippen LogP contribution in [0.15, 0.2) is 0 Å². The van der Waals surface area contributed by atoms with E-state index < -0.39 is 18.7 Å². The van der Waals surface area contributed by atoms with Gasteiger partial charge in [-0.25, -0.2) is 0 Å². The summed E-state index contributed by atoms with van der Waals surface area (Å²) in [5.41, 5.74) is 0. The fourth-order valence-electron chi connectivity index (χ4n) is 1.48. The van der Waals surface area contributed by atoms with Gasteiger partial charge in [0.2, 0.25) is 5.34 Å². The summed E-state index contributed by atoms with van der Waals surface area (Å²) in [5.74, 6) is -0.751. The molecule has 1 unspecified atom stereocenters. The van der Waals surface area contributed by atoms with Crippen molar-refractivity contribution in [3.05, 3.63) is 0 Å². The van der Waals surface area contributed by atoms with E-state index in [0.29, 0.717) is 6.42 Å². The molecule has 6 heteroatoms. The molecule has 0 saturated carbocycles. The quantitative estimate of drug-likeness (QED) is 0.452. The molecule has 1 atom stereocenters. The first-order valence-electron chi connectivity index (χ1n) is 5.61. The van der Waals surface area contributed by atoms with Crippen LogP contribution in [0.3, 0.4) is 0 Å². The average molecular weight is 252 g/mol. The number of hydrogen-bond acceptors (Lipinski definition) is 3. The Balaban J connectivity index is 4.38. The molecule has 0 bridgehead atoms. The first-order valence-corrected chi connectivity index (χ1v) is 7.22. The molecule has 0 rings (SSSR count). The zero-order valence-corrected chi connectivity index (χ0v) is 10.7. The number of carbonyl (C=O) groups is 1. The largest absolute Gasteiger partial charge is 0.371 e. The summed E-state index contributed by atoms with van der Waals surface area (Å²) < 4.78 is 11.0. The van der Waals surface area contributed by atoms with Gasteiger partial charge in [-0.2, -0.15) is 0 Å². The zero-order chi connectivity index (χ0) is 12.8. The van der Waals surface area contributed by atoms with Crippen molar-refractivity contribution in [2.24, 2.45) is 0 Å². The lowest BCUT2D eigenvalue weighted by Crippen LogP contribution is -2.37. The van der Waals surface area contributed by atoms with Crippen LogP contribution in [0.5, 0.6) is 0 Å². The van der Waals surface area contributed by atoms with Crippen molar-refractivity contribution in [2.45, 2.75) is 57.7 Å². The van der Waals surface area contributed by atoms with E-state index in [-0.39, 0.29) is 12.8 Å². The van der Waals surface area contributed by atoms with E-state index in [9.17, 15) is 14.5 Å². The molecule has 0 aliphatic carbocycles. The highest BCUT2D eigenvalue weighted by Crippen LogP contribution is 2.51. The number of Topliss-reactive ketones (excluding diaryl/α,β-unsaturated/α-hetero) is 1. The van der Waals surface area contributed by atoms with Crippen LogP contribution in [0.1, 0.15) is 52.4 Å². The second-order valence-electron chi connectivity index (χ2n) is 3.95. The lowest BCUT2D eigenvalue weighted by atomic mass is 10.0. The van der Waals surface area contributed by atoms with Crippen molar-refractivity contribution in [2.75, 3.05) is 0 Å². The van der Waals surface area contributed by atoms with Crippen LogP contribution in [0, 0.1) is 0 Å². The highest BCUT2D eigenvalue weighted by Gasteiger charge is 2.49. The average Bonchev–Trinajstić information content (AvgIpc) is 2.21. The van der Waals surface area contributed by atoms with Gasteiger partial charge in [-0.05, 0) is 12.8 Å². The molecule has 0 spiro atoms. The second-order valence-corrected chi connectivity index (χ2v) is 5.78. The fourth-order valence-corrected chi connectivity index (χ4v) is 2.33. The number of carbonyl (C=O) groups excluding carboxylic acids is 1. The summed E-state index contributed by atoms with van der Waals surface area (Å²) in [7, 11) is -4.79. The summed E-state index contributed by atoms with van der Waals surface area (Å²) in [6.45, 7) is 3.42. The van der Waals surface area contributed by atoms with Gasteiger partial charge in [-0.15, -0.1) is 0 Å². The van der Waals surface area contributed by atoms with Gasteiger partial charge in [0.05, 0.1) is 0 Å². The van der Waals surface area contributed by atoms with Gasteiger partial charge >= 0.3 is 7.60 Å².